The second kappa shape index (κ2) is 5.91. The van der Waals surface area contributed by atoms with Gasteiger partial charge in [0.1, 0.15) is 0 Å². The smallest absolute Gasteiger partial charge is 0.225 e. The van der Waals surface area contributed by atoms with Gasteiger partial charge in [0.25, 0.3) is 0 Å². The molecule has 2 heterocycles. The van der Waals surface area contributed by atoms with Crippen molar-refractivity contribution in [2.75, 3.05) is 11.9 Å². The average Bonchev–Trinajstić information content (AvgIpc) is 2.39. The van der Waals surface area contributed by atoms with Crippen molar-refractivity contribution in [3.63, 3.8) is 0 Å². The lowest BCUT2D eigenvalue weighted by atomic mass is 10.3. The minimum Gasteiger partial charge on any atom is -0.338 e. The summed E-state index contributed by atoms with van der Waals surface area (Å²) in [6, 6.07) is 6.02. The van der Waals surface area contributed by atoms with E-state index < -0.39 is 0 Å². The van der Waals surface area contributed by atoms with E-state index in [0.717, 1.165) is 22.3 Å². The van der Waals surface area contributed by atoms with Gasteiger partial charge in [-0.2, -0.15) is 0 Å². The van der Waals surface area contributed by atoms with Gasteiger partial charge in [0.15, 0.2) is 0 Å². The fraction of sp³-hybridized carbons (Fsp3) is 0.308. The lowest BCUT2D eigenvalue weighted by molar-refractivity contribution is 0.833. The molecule has 0 aromatic carbocycles. The van der Waals surface area contributed by atoms with Crippen LogP contribution in [0, 0.1) is 6.92 Å². The fourth-order valence-electron chi connectivity index (χ4n) is 1.62. The molecule has 2 rings (SSSR count). The number of pyridine rings is 1. The van der Waals surface area contributed by atoms with E-state index in [1.807, 2.05) is 49.5 Å². The molecule has 0 aliphatic rings. The maximum Gasteiger partial charge on any atom is 0.225 e. The predicted octanol–water partition coefficient (Wildman–Crippen LogP) is 2.71. The Labute approximate surface area is 115 Å². The highest BCUT2D eigenvalue weighted by atomic mass is 79.9. The van der Waals surface area contributed by atoms with Gasteiger partial charge in [0.2, 0.25) is 5.95 Å². The second-order valence-electron chi connectivity index (χ2n) is 4.15. The summed E-state index contributed by atoms with van der Waals surface area (Å²) in [5, 5.41) is 0.774. The van der Waals surface area contributed by atoms with Crippen LogP contribution in [0.2, 0.25) is 0 Å². The van der Waals surface area contributed by atoms with Gasteiger partial charge in [0.05, 0.1) is 12.2 Å². The summed E-state index contributed by atoms with van der Waals surface area (Å²) in [5.41, 5.74) is 3.11. The van der Waals surface area contributed by atoms with E-state index in [1.165, 1.54) is 0 Å². The Kier molecular flexibility index (Phi) is 4.25. The third-order valence-corrected chi connectivity index (χ3v) is 3.18. The van der Waals surface area contributed by atoms with Crippen LogP contribution in [-0.4, -0.2) is 22.0 Å². The lowest BCUT2D eigenvalue weighted by Crippen LogP contribution is -2.19. The van der Waals surface area contributed by atoms with E-state index in [2.05, 4.69) is 30.9 Å². The second-order valence-corrected chi connectivity index (χ2v) is 4.71. The molecule has 0 aliphatic heterocycles. The molecule has 0 fully saturated rings. The zero-order valence-electron chi connectivity index (χ0n) is 10.5. The van der Waals surface area contributed by atoms with Crippen LogP contribution in [0.25, 0.3) is 0 Å². The van der Waals surface area contributed by atoms with Crippen LogP contribution >= 0.6 is 15.9 Å². The third-order valence-electron chi connectivity index (χ3n) is 2.53. The van der Waals surface area contributed by atoms with Gasteiger partial charge in [-0.25, -0.2) is 9.97 Å². The number of hydrogen-bond acceptors (Lipinski definition) is 4. The quantitative estimate of drug-likeness (QED) is 0.815. The van der Waals surface area contributed by atoms with E-state index in [4.69, 9.17) is 0 Å². The monoisotopic (exact) mass is 306 g/mol. The first kappa shape index (κ1) is 13.0. The molecule has 2 aromatic heterocycles. The molecule has 2 aromatic rings. The van der Waals surface area contributed by atoms with E-state index in [0.29, 0.717) is 12.5 Å². The molecule has 0 amide bonds. The van der Waals surface area contributed by atoms with Crippen molar-refractivity contribution in [1.29, 1.82) is 0 Å². The maximum atomic E-state index is 4.47. The van der Waals surface area contributed by atoms with Gasteiger partial charge in [0, 0.05) is 30.5 Å². The summed E-state index contributed by atoms with van der Waals surface area (Å²) in [6.07, 6.45) is 3.66. The summed E-state index contributed by atoms with van der Waals surface area (Å²) in [7, 11) is 1.97. The highest BCUT2D eigenvalue weighted by Gasteiger charge is 2.06. The van der Waals surface area contributed by atoms with Crippen molar-refractivity contribution in [3.8, 4) is 0 Å². The van der Waals surface area contributed by atoms with Crippen LogP contribution in [0.3, 0.4) is 0 Å². The van der Waals surface area contributed by atoms with Crippen molar-refractivity contribution >= 4 is 21.9 Å². The van der Waals surface area contributed by atoms with E-state index in [1.54, 1.807) is 0 Å². The Hall–Kier alpha value is -1.49. The highest BCUT2D eigenvalue weighted by molar-refractivity contribution is 9.08. The molecule has 4 nitrogen and oxygen atoms in total. The standard InChI is InChI=1S/C13H15BrN4/c1-10-4-3-5-12(17-10)9-18(2)13-15-7-11(6-14)8-16-13/h3-5,7-8H,6,9H2,1-2H3. The van der Waals surface area contributed by atoms with Crippen molar-refractivity contribution in [2.24, 2.45) is 0 Å². The first-order valence-electron chi connectivity index (χ1n) is 5.69. The van der Waals surface area contributed by atoms with Crippen LogP contribution in [0.15, 0.2) is 30.6 Å². The van der Waals surface area contributed by atoms with Crippen molar-refractivity contribution in [3.05, 3.63) is 47.5 Å². The zero-order chi connectivity index (χ0) is 13.0. The first-order chi connectivity index (χ1) is 8.69. The minimum atomic E-state index is 0.704. The molecule has 0 spiro atoms. The highest BCUT2D eigenvalue weighted by Crippen LogP contribution is 2.10. The molecular weight excluding hydrogens is 292 g/mol. The molecule has 0 saturated carbocycles. The number of aromatic nitrogens is 3. The normalized spacial score (nSPS) is 10.4. The summed E-state index contributed by atoms with van der Waals surface area (Å²) in [4.78, 5) is 15.1. The molecule has 18 heavy (non-hydrogen) atoms. The number of nitrogens with zero attached hydrogens (tertiary/aromatic N) is 4. The minimum absolute atomic E-state index is 0.704. The number of hydrogen-bond donors (Lipinski definition) is 0. The molecule has 94 valence electrons. The summed E-state index contributed by atoms with van der Waals surface area (Å²) >= 11 is 3.38. The molecular formula is C13H15BrN4. The van der Waals surface area contributed by atoms with Gasteiger partial charge < -0.3 is 4.90 Å². The van der Waals surface area contributed by atoms with Gasteiger partial charge in [-0.05, 0) is 24.6 Å². The van der Waals surface area contributed by atoms with Crippen LogP contribution in [0.5, 0.6) is 0 Å². The van der Waals surface area contributed by atoms with Crippen LogP contribution in [0.4, 0.5) is 5.95 Å². The fourth-order valence-corrected chi connectivity index (χ4v) is 1.90. The largest absolute Gasteiger partial charge is 0.338 e. The van der Waals surface area contributed by atoms with Crippen molar-refractivity contribution in [1.82, 2.24) is 15.0 Å². The zero-order valence-corrected chi connectivity index (χ0v) is 12.1. The Morgan fingerprint density at radius 2 is 1.94 bits per heavy atom. The Morgan fingerprint density at radius 3 is 2.56 bits per heavy atom. The average molecular weight is 307 g/mol. The van der Waals surface area contributed by atoms with Crippen LogP contribution < -0.4 is 4.90 Å². The molecule has 0 N–H and O–H groups in total. The molecule has 0 aliphatic carbocycles. The molecule has 0 atom stereocenters. The number of aryl methyl sites for hydroxylation is 1. The first-order valence-corrected chi connectivity index (χ1v) is 6.82. The topological polar surface area (TPSA) is 41.9 Å². The van der Waals surface area contributed by atoms with Gasteiger partial charge in [-0.3, -0.25) is 4.98 Å². The van der Waals surface area contributed by atoms with Gasteiger partial charge >= 0.3 is 0 Å². The molecule has 0 bridgehead atoms. The lowest BCUT2D eigenvalue weighted by Gasteiger charge is -2.16. The van der Waals surface area contributed by atoms with Crippen molar-refractivity contribution in [2.45, 2.75) is 18.8 Å². The Bertz CT molecular complexity index is 513. The van der Waals surface area contributed by atoms with Crippen LogP contribution in [-0.2, 0) is 11.9 Å². The summed E-state index contributed by atoms with van der Waals surface area (Å²) < 4.78 is 0. The van der Waals surface area contributed by atoms with E-state index >= 15 is 0 Å². The molecule has 5 heteroatoms. The Balaban J connectivity index is 2.09. The third kappa shape index (κ3) is 3.26. The summed E-state index contributed by atoms with van der Waals surface area (Å²) in [5.74, 6) is 0.711. The Morgan fingerprint density at radius 1 is 1.22 bits per heavy atom. The van der Waals surface area contributed by atoms with Gasteiger partial charge in [-0.15, -0.1) is 0 Å². The SMILES string of the molecule is Cc1cccc(CN(C)c2ncc(CBr)cn2)n1. The number of rotatable bonds is 4. The van der Waals surface area contributed by atoms with Crippen LogP contribution in [0.1, 0.15) is 17.0 Å². The van der Waals surface area contributed by atoms with Crippen molar-refractivity contribution < 1.29 is 0 Å². The number of alkyl halides is 1. The number of halogens is 1. The number of anilines is 1. The van der Waals surface area contributed by atoms with E-state index in [9.17, 15) is 0 Å². The predicted molar refractivity (Wildman–Crippen MR) is 75.7 cm³/mol. The molecule has 0 radical (unpaired) electrons. The van der Waals surface area contributed by atoms with E-state index in [-0.39, 0.29) is 0 Å². The summed E-state index contributed by atoms with van der Waals surface area (Å²) in [6.45, 7) is 2.69. The van der Waals surface area contributed by atoms with Gasteiger partial charge in [-0.1, -0.05) is 22.0 Å². The molecule has 0 unspecified atom stereocenters. The maximum absolute atomic E-state index is 4.47. The molecule has 0 saturated heterocycles.